The van der Waals surface area contributed by atoms with Gasteiger partial charge in [-0.05, 0) is 19.1 Å². The minimum atomic E-state index is -3.99. The van der Waals surface area contributed by atoms with Gasteiger partial charge >= 0.3 is 5.97 Å². The maximum Gasteiger partial charge on any atom is 0.371 e. The number of rotatable bonds is 4. The number of hydrogen-bond acceptors (Lipinski definition) is 5. The van der Waals surface area contributed by atoms with Gasteiger partial charge in [-0.15, -0.1) is 0 Å². The van der Waals surface area contributed by atoms with Gasteiger partial charge in [0.05, 0.1) is 5.69 Å². The van der Waals surface area contributed by atoms with Crippen LogP contribution in [0.25, 0.3) is 0 Å². The lowest BCUT2D eigenvalue weighted by Crippen LogP contribution is -2.26. The summed E-state index contributed by atoms with van der Waals surface area (Å²) in [6.45, 7) is 1.37. The molecule has 0 aliphatic carbocycles. The van der Waals surface area contributed by atoms with Gasteiger partial charge in [0.1, 0.15) is 16.4 Å². The van der Waals surface area contributed by atoms with E-state index in [1.54, 1.807) is 0 Å². The van der Waals surface area contributed by atoms with Crippen LogP contribution in [0.15, 0.2) is 39.6 Å². The fourth-order valence-corrected chi connectivity index (χ4v) is 3.15. The van der Waals surface area contributed by atoms with Crippen molar-refractivity contribution in [1.29, 1.82) is 0 Å². The molecule has 21 heavy (non-hydrogen) atoms. The first-order chi connectivity index (χ1) is 9.73. The van der Waals surface area contributed by atoms with Crippen LogP contribution in [-0.4, -0.2) is 31.6 Å². The molecule has 1 aromatic carbocycles. The molecule has 0 bridgehead atoms. The van der Waals surface area contributed by atoms with Crippen LogP contribution in [-0.2, 0) is 10.0 Å². The van der Waals surface area contributed by atoms with E-state index in [4.69, 9.17) is 9.52 Å². The van der Waals surface area contributed by atoms with Gasteiger partial charge in [0.2, 0.25) is 5.76 Å². The lowest BCUT2D eigenvalue weighted by molar-refractivity contribution is 0.0661. The van der Waals surface area contributed by atoms with E-state index in [0.717, 1.165) is 10.4 Å². The molecule has 7 nitrogen and oxygen atoms in total. The molecule has 0 amide bonds. The fourth-order valence-electron chi connectivity index (χ4n) is 1.80. The molecule has 0 unspecified atom stereocenters. The molecule has 0 fully saturated rings. The van der Waals surface area contributed by atoms with Crippen LogP contribution >= 0.6 is 0 Å². The number of phenols is 1. The number of aryl methyl sites for hydroxylation is 1. The van der Waals surface area contributed by atoms with E-state index < -0.39 is 21.8 Å². The Kier molecular flexibility index (Phi) is 3.65. The molecule has 1 aromatic heterocycles. The highest BCUT2D eigenvalue weighted by Crippen LogP contribution is 2.28. The molecule has 112 valence electrons. The predicted octanol–water partition coefficient (Wildman–Crippen LogP) is 1.82. The molecular weight excluding hydrogens is 298 g/mol. The standard InChI is InChI=1S/C13H13NO6S/c1-8-12(7-11(20-8)13(16)17)21(18,19)14(2)9-4-3-5-10(15)6-9/h3-7,15H,1-2H3,(H,16,17). The second-order valence-corrected chi connectivity index (χ2v) is 6.27. The van der Waals surface area contributed by atoms with E-state index in [2.05, 4.69) is 0 Å². The number of sulfonamides is 1. The van der Waals surface area contributed by atoms with E-state index in [1.165, 1.54) is 38.2 Å². The average Bonchev–Trinajstić information content (AvgIpc) is 2.81. The van der Waals surface area contributed by atoms with Crippen LogP contribution in [0.2, 0.25) is 0 Å². The van der Waals surface area contributed by atoms with Crippen molar-refractivity contribution in [1.82, 2.24) is 0 Å². The topological polar surface area (TPSA) is 108 Å². The molecule has 1 heterocycles. The van der Waals surface area contributed by atoms with E-state index in [0.29, 0.717) is 0 Å². The van der Waals surface area contributed by atoms with Gasteiger partial charge < -0.3 is 14.6 Å². The number of nitrogens with zero attached hydrogens (tertiary/aromatic N) is 1. The normalized spacial score (nSPS) is 11.3. The minimum absolute atomic E-state index is 0.0144. The Labute approximate surface area is 121 Å². The quantitative estimate of drug-likeness (QED) is 0.891. The summed E-state index contributed by atoms with van der Waals surface area (Å²) >= 11 is 0. The average molecular weight is 311 g/mol. The largest absolute Gasteiger partial charge is 0.508 e. The molecule has 0 atom stereocenters. The maximum absolute atomic E-state index is 12.5. The van der Waals surface area contributed by atoms with Crippen molar-refractivity contribution in [3.05, 3.63) is 41.9 Å². The first kappa shape index (κ1) is 14.9. The first-order valence-corrected chi connectivity index (χ1v) is 7.29. The summed E-state index contributed by atoms with van der Waals surface area (Å²) in [5.74, 6) is -1.89. The summed E-state index contributed by atoms with van der Waals surface area (Å²) in [5.41, 5.74) is 0.243. The van der Waals surface area contributed by atoms with Gasteiger partial charge in [0.15, 0.2) is 0 Å². The van der Waals surface area contributed by atoms with Crippen LogP contribution in [0, 0.1) is 6.92 Å². The highest BCUT2D eigenvalue weighted by atomic mass is 32.2. The zero-order chi connectivity index (χ0) is 15.8. The number of carbonyl (C=O) groups is 1. The lowest BCUT2D eigenvalue weighted by atomic mass is 10.3. The molecule has 0 spiro atoms. The van der Waals surface area contributed by atoms with Crippen molar-refractivity contribution in [3.63, 3.8) is 0 Å². The zero-order valence-corrected chi connectivity index (χ0v) is 12.1. The van der Waals surface area contributed by atoms with Crippen molar-refractivity contribution in [2.75, 3.05) is 11.4 Å². The molecule has 8 heteroatoms. The zero-order valence-electron chi connectivity index (χ0n) is 11.3. The van der Waals surface area contributed by atoms with Gasteiger partial charge in [-0.3, -0.25) is 4.31 Å². The Morgan fingerprint density at radius 1 is 1.29 bits per heavy atom. The molecule has 0 radical (unpaired) electrons. The summed E-state index contributed by atoms with van der Waals surface area (Å²) in [5, 5.41) is 18.3. The lowest BCUT2D eigenvalue weighted by Gasteiger charge is -2.18. The number of benzene rings is 1. The third kappa shape index (κ3) is 2.70. The van der Waals surface area contributed by atoms with Gasteiger partial charge in [-0.25, -0.2) is 13.2 Å². The Hall–Kier alpha value is -2.48. The van der Waals surface area contributed by atoms with Crippen molar-refractivity contribution in [2.24, 2.45) is 0 Å². The van der Waals surface area contributed by atoms with Crippen LogP contribution in [0.5, 0.6) is 5.75 Å². The second-order valence-electron chi connectivity index (χ2n) is 4.33. The number of aromatic hydroxyl groups is 1. The first-order valence-electron chi connectivity index (χ1n) is 5.85. The van der Waals surface area contributed by atoms with Crippen molar-refractivity contribution in [3.8, 4) is 5.75 Å². The molecule has 2 rings (SSSR count). The summed E-state index contributed by atoms with van der Waals surface area (Å²) in [6, 6.07) is 6.67. The highest BCUT2D eigenvalue weighted by Gasteiger charge is 2.28. The van der Waals surface area contributed by atoms with Crippen molar-refractivity contribution in [2.45, 2.75) is 11.8 Å². The number of furan rings is 1. The fraction of sp³-hybridized carbons (Fsp3) is 0.154. The summed E-state index contributed by atoms with van der Waals surface area (Å²) < 4.78 is 30.8. The van der Waals surface area contributed by atoms with E-state index >= 15 is 0 Å². The number of phenolic OH excluding ortho intramolecular Hbond substituents is 1. The number of aromatic carboxylic acids is 1. The third-order valence-corrected chi connectivity index (χ3v) is 4.81. The predicted molar refractivity (Wildman–Crippen MR) is 74.1 cm³/mol. The maximum atomic E-state index is 12.5. The van der Waals surface area contributed by atoms with Crippen molar-refractivity contribution >= 4 is 21.7 Å². The monoisotopic (exact) mass is 311 g/mol. The third-order valence-electron chi connectivity index (χ3n) is 2.91. The summed E-state index contributed by atoms with van der Waals surface area (Å²) in [4.78, 5) is 10.6. The van der Waals surface area contributed by atoms with E-state index in [9.17, 15) is 18.3 Å². The molecule has 2 aromatic rings. The van der Waals surface area contributed by atoms with Gasteiger partial charge in [-0.2, -0.15) is 0 Å². The Morgan fingerprint density at radius 2 is 1.95 bits per heavy atom. The van der Waals surface area contributed by atoms with Crippen molar-refractivity contribution < 1.29 is 27.8 Å². The number of anilines is 1. The molecular formula is C13H13NO6S. The Morgan fingerprint density at radius 3 is 2.48 bits per heavy atom. The van der Waals surface area contributed by atoms with Crippen LogP contribution < -0.4 is 4.31 Å². The minimum Gasteiger partial charge on any atom is -0.508 e. The van der Waals surface area contributed by atoms with E-state index in [1.807, 2.05) is 0 Å². The van der Waals surface area contributed by atoms with Gasteiger partial charge in [0.25, 0.3) is 10.0 Å². The highest BCUT2D eigenvalue weighted by molar-refractivity contribution is 7.92. The summed E-state index contributed by atoms with van der Waals surface area (Å²) in [6.07, 6.45) is 0. The number of carboxylic acid groups (broad SMARTS) is 1. The van der Waals surface area contributed by atoms with Gasteiger partial charge in [0, 0.05) is 19.2 Å². The Bertz CT molecular complexity index is 793. The second kappa shape index (κ2) is 5.13. The molecule has 0 aliphatic heterocycles. The van der Waals surface area contributed by atoms with Crippen LogP contribution in [0.4, 0.5) is 5.69 Å². The Balaban J connectivity index is 2.49. The number of hydrogen-bond donors (Lipinski definition) is 2. The molecule has 0 saturated heterocycles. The van der Waals surface area contributed by atoms with Crippen LogP contribution in [0.3, 0.4) is 0 Å². The van der Waals surface area contributed by atoms with Crippen LogP contribution in [0.1, 0.15) is 16.3 Å². The van der Waals surface area contributed by atoms with E-state index in [-0.39, 0.29) is 22.1 Å². The van der Waals surface area contributed by atoms with Gasteiger partial charge in [-0.1, -0.05) is 6.07 Å². The number of carboxylic acids is 1. The smallest absolute Gasteiger partial charge is 0.371 e. The molecule has 0 saturated carbocycles. The molecule has 2 N–H and O–H groups in total. The molecule has 0 aliphatic rings. The summed E-state index contributed by atoms with van der Waals surface area (Å²) in [7, 11) is -2.68. The SMILES string of the molecule is Cc1oc(C(=O)O)cc1S(=O)(=O)N(C)c1cccc(O)c1.